The van der Waals surface area contributed by atoms with Gasteiger partial charge in [0, 0.05) is 45.6 Å². The molecular weight excluding hydrogens is 423 g/mol. The lowest BCUT2D eigenvalue weighted by Crippen LogP contribution is -2.52. The Labute approximate surface area is 157 Å². The summed E-state index contributed by atoms with van der Waals surface area (Å²) in [6.07, 6.45) is 3.53. The van der Waals surface area contributed by atoms with E-state index in [0.717, 1.165) is 38.1 Å². The Hall–Kier alpha value is -1.98. The molecule has 24 heavy (non-hydrogen) atoms. The van der Waals surface area contributed by atoms with Crippen LogP contribution in [0.2, 0.25) is 0 Å². The number of halogens is 1. The first kappa shape index (κ1) is 18.4. The van der Waals surface area contributed by atoms with E-state index in [2.05, 4.69) is 40.2 Å². The molecule has 3 heterocycles. The summed E-state index contributed by atoms with van der Waals surface area (Å²) in [5.74, 6) is 2.79. The van der Waals surface area contributed by atoms with E-state index in [4.69, 9.17) is 4.52 Å². The number of aliphatic imine (C=N–C) groups is 1. The molecule has 0 bridgehead atoms. The minimum absolute atomic E-state index is 0. The molecule has 3 rings (SSSR count). The van der Waals surface area contributed by atoms with E-state index in [-0.39, 0.29) is 24.0 Å². The van der Waals surface area contributed by atoms with Crippen molar-refractivity contribution in [1.82, 2.24) is 30.3 Å². The van der Waals surface area contributed by atoms with Crippen molar-refractivity contribution in [2.45, 2.75) is 13.5 Å². The Balaban J connectivity index is 0.00000208. The normalized spacial score (nSPS) is 15.2. The number of aryl methyl sites for hydroxylation is 1. The molecule has 130 valence electrons. The van der Waals surface area contributed by atoms with Gasteiger partial charge in [0.05, 0.1) is 6.54 Å². The maximum Gasteiger partial charge on any atom is 0.246 e. The predicted octanol–water partition coefficient (Wildman–Crippen LogP) is 0.684. The number of hydrogen-bond donors (Lipinski definition) is 1. The monoisotopic (exact) mass is 444 g/mol. The highest BCUT2D eigenvalue weighted by atomic mass is 127. The van der Waals surface area contributed by atoms with Gasteiger partial charge in [-0.2, -0.15) is 4.98 Å². The molecule has 0 amide bonds. The van der Waals surface area contributed by atoms with Crippen LogP contribution >= 0.6 is 24.0 Å². The summed E-state index contributed by atoms with van der Waals surface area (Å²) in [4.78, 5) is 21.5. The lowest BCUT2D eigenvalue weighted by atomic mass is 10.3. The summed E-state index contributed by atoms with van der Waals surface area (Å²) in [5.41, 5.74) is 0. The fourth-order valence-corrected chi connectivity index (χ4v) is 2.47. The van der Waals surface area contributed by atoms with Gasteiger partial charge < -0.3 is 19.6 Å². The van der Waals surface area contributed by atoms with Crippen molar-refractivity contribution in [2.24, 2.45) is 4.99 Å². The lowest BCUT2D eigenvalue weighted by Gasteiger charge is -2.36. The zero-order chi connectivity index (χ0) is 16.1. The highest BCUT2D eigenvalue weighted by Gasteiger charge is 2.21. The second-order valence-corrected chi connectivity index (χ2v) is 5.16. The Morgan fingerprint density at radius 2 is 1.96 bits per heavy atom. The highest BCUT2D eigenvalue weighted by molar-refractivity contribution is 14.0. The Bertz CT molecular complexity index is 654. The lowest BCUT2D eigenvalue weighted by molar-refractivity contribution is 0.352. The Kier molecular flexibility index (Phi) is 6.70. The second-order valence-electron chi connectivity index (χ2n) is 5.16. The molecule has 0 radical (unpaired) electrons. The molecule has 0 unspecified atom stereocenters. The third-order valence-corrected chi connectivity index (χ3v) is 3.59. The van der Waals surface area contributed by atoms with Crippen molar-refractivity contribution in [3.63, 3.8) is 0 Å². The molecule has 1 N–H and O–H groups in total. The van der Waals surface area contributed by atoms with Crippen molar-refractivity contribution < 1.29 is 4.52 Å². The number of guanidine groups is 1. The van der Waals surface area contributed by atoms with Crippen LogP contribution < -0.4 is 10.2 Å². The number of hydrogen-bond acceptors (Lipinski definition) is 7. The SMILES string of the molecule is CN=C(NCc1nc(C)no1)N1CCN(c2ncccn2)CC1.I. The van der Waals surface area contributed by atoms with Crippen molar-refractivity contribution in [3.05, 3.63) is 30.2 Å². The van der Waals surface area contributed by atoms with Gasteiger partial charge in [-0.05, 0) is 13.0 Å². The average molecular weight is 444 g/mol. The van der Waals surface area contributed by atoms with E-state index in [1.54, 1.807) is 26.4 Å². The summed E-state index contributed by atoms with van der Waals surface area (Å²) in [7, 11) is 1.77. The molecule has 0 aliphatic carbocycles. The van der Waals surface area contributed by atoms with E-state index in [9.17, 15) is 0 Å². The maximum absolute atomic E-state index is 5.10. The summed E-state index contributed by atoms with van der Waals surface area (Å²) in [6, 6.07) is 1.82. The van der Waals surface area contributed by atoms with Crippen LogP contribution in [0, 0.1) is 6.92 Å². The molecule has 2 aromatic rings. The quantitative estimate of drug-likeness (QED) is 0.420. The number of aromatic nitrogens is 4. The van der Waals surface area contributed by atoms with Crippen molar-refractivity contribution in [3.8, 4) is 0 Å². The standard InChI is InChI=1S/C14H20N8O.HI/c1-11-19-12(23-20-11)10-18-13(15-2)21-6-8-22(9-7-21)14-16-4-3-5-17-14;/h3-5H,6-10H2,1-2H3,(H,15,18);1H. The van der Waals surface area contributed by atoms with Crippen LogP contribution in [0.4, 0.5) is 5.95 Å². The largest absolute Gasteiger partial charge is 0.347 e. The van der Waals surface area contributed by atoms with Crippen molar-refractivity contribution in [1.29, 1.82) is 0 Å². The van der Waals surface area contributed by atoms with Crippen LogP contribution in [-0.2, 0) is 6.54 Å². The first-order valence-corrected chi connectivity index (χ1v) is 7.53. The molecule has 0 spiro atoms. The van der Waals surface area contributed by atoms with Crippen molar-refractivity contribution >= 4 is 35.9 Å². The van der Waals surface area contributed by atoms with Gasteiger partial charge in [0.25, 0.3) is 0 Å². The molecular formula is C14H21IN8O. The van der Waals surface area contributed by atoms with Gasteiger partial charge in [-0.25, -0.2) is 9.97 Å². The van der Waals surface area contributed by atoms with Gasteiger partial charge in [0.2, 0.25) is 11.8 Å². The smallest absolute Gasteiger partial charge is 0.246 e. The maximum atomic E-state index is 5.10. The van der Waals surface area contributed by atoms with Crippen molar-refractivity contribution in [2.75, 3.05) is 38.1 Å². The van der Waals surface area contributed by atoms with Crippen LogP contribution in [0.5, 0.6) is 0 Å². The second kappa shape index (κ2) is 8.76. The van der Waals surface area contributed by atoms with Crippen LogP contribution in [0.25, 0.3) is 0 Å². The molecule has 2 aromatic heterocycles. The van der Waals surface area contributed by atoms with E-state index >= 15 is 0 Å². The molecule has 0 aromatic carbocycles. The van der Waals surface area contributed by atoms with E-state index < -0.39 is 0 Å². The topological polar surface area (TPSA) is 95.6 Å². The summed E-state index contributed by atoms with van der Waals surface area (Å²) in [5, 5.41) is 7.03. The number of nitrogens with one attached hydrogen (secondary N) is 1. The van der Waals surface area contributed by atoms with Gasteiger partial charge in [0.15, 0.2) is 11.8 Å². The zero-order valence-electron chi connectivity index (χ0n) is 13.7. The fraction of sp³-hybridized carbons (Fsp3) is 0.500. The van der Waals surface area contributed by atoms with Crippen LogP contribution in [-0.4, -0.2) is 64.2 Å². The molecule has 1 aliphatic rings. The molecule has 1 saturated heterocycles. The third kappa shape index (κ3) is 4.52. The fourth-order valence-electron chi connectivity index (χ4n) is 2.47. The zero-order valence-corrected chi connectivity index (χ0v) is 16.0. The number of anilines is 1. The van der Waals surface area contributed by atoms with E-state index in [1.807, 2.05) is 6.07 Å². The third-order valence-electron chi connectivity index (χ3n) is 3.59. The molecule has 0 atom stereocenters. The Morgan fingerprint density at radius 1 is 1.25 bits per heavy atom. The molecule has 9 nitrogen and oxygen atoms in total. The Morgan fingerprint density at radius 3 is 2.54 bits per heavy atom. The van der Waals surface area contributed by atoms with Crippen LogP contribution in [0.15, 0.2) is 28.0 Å². The molecule has 1 fully saturated rings. The summed E-state index contributed by atoms with van der Waals surface area (Å²) < 4.78 is 5.10. The number of nitrogens with zero attached hydrogens (tertiary/aromatic N) is 7. The summed E-state index contributed by atoms with van der Waals surface area (Å²) in [6.45, 7) is 5.67. The minimum atomic E-state index is 0. The van der Waals surface area contributed by atoms with Gasteiger partial charge in [-0.3, -0.25) is 4.99 Å². The highest BCUT2D eigenvalue weighted by Crippen LogP contribution is 2.09. The predicted molar refractivity (Wildman–Crippen MR) is 100 cm³/mol. The van der Waals surface area contributed by atoms with E-state index in [0.29, 0.717) is 18.3 Å². The van der Waals surface area contributed by atoms with Crippen LogP contribution in [0.1, 0.15) is 11.7 Å². The van der Waals surface area contributed by atoms with Gasteiger partial charge in [-0.15, -0.1) is 24.0 Å². The first-order valence-electron chi connectivity index (χ1n) is 7.53. The van der Waals surface area contributed by atoms with Gasteiger partial charge in [-0.1, -0.05) is 5.16 Å². The average Bonchev–Trinajstić information content (AvgIpc) is 3.02. The minimum Gasteiger partial charge on any atom is -0.347 e. The number of piperazine rings is 1. The number of rotatable bonds is 3. The van der Waals surface area contributed by atoms with Gasteiger partial charge >= 0.3 is 0 Å². The molecule has 10 heteroatoms. The first-order chi connectivity index (χ1) is 11.3. The van der Waals surface area contributed by atoms with Gasteiger partial charge in [0.1, 0.15) is 0 Å². The van der Waals surface area contributed by atoms with Crippen LogP contribution in [0.3, 0.4) is 0 Å². The summed E-state index contributed by atoms with van der Waals surface area (Å²) >= 11 is 0. The molecule has 1 aliphatic heterocycles. The van der Waals surface area contributed by atoms with E-state index in [1.165, 1.54) is 0 Å². The molecule has 0 saturated carbocycles.